The highest BCUT2D eigenvalue weighted by molar-refractivity contribution is 7.51. The molecule has 3 heterocycles. The molecule has 5 rings (SSSR count). The molecule has 4 N–H and O–H groups in total. The minimum atomic E-state index is -4.61. The molecule has 0 spiro atoms. The van der Waals surface area contributed by atoms with Crippen molar-refractivity contribution in [3.8, 4) is 29.0 Å². The Morgan fingerprint density at radius 3 is 2.36 bits per heavy atom. The monoisotopic (exact) mass is 869 g/mol. The number of nitrogens with zero attached hydrogens (tertiary/aromatic N) is 6. The van der Waals surface area contributed by atoms with E-state index in [-0.39, 0.29) is 34.9 Å². The van der Waals surface area contributed by atoms with E-state index < -0.39 is 55.9 Å². The van der Waals surface area contributed by atoms with Gasteiger partial charge >= 0.3 is 25.4 Å². The van der Waals surface area contributed by atoms with Gasteiger partial charge in [-0.1, -0.05) is 45.6 Å². The fourth-order valence-electron chi connectivity index (χ4n) is 4.68. The fraction of sp³-hybridized carbons (Fsp3) is 0.375. The smallest absolute Gasteiger partial charge is 0.445 e. The van der Waals surface area contributed by atoms with Gasteiger partial charge < -0.3 is 29.3 Å². The zero-order valence-electron chi connectivity index (χ0n) is 29.4. The lowest BCUT2D eigenvalue weighted by Crippen LogP contribution is -2.40. The normalized spacial score (nSPS) is 12.3. The maximum atomic E-state index is 13.0. The molecule has 304 valence electrons. The number of carboxylic acid groups (broad SMARTS) is 1. The van der Waals surface area contributed by atoms with Gasteiger partial charge in [-0.2, -0.15) is 17.9 Å². The molecule has 1 aliphatic rings. The minimum absolute atomic E-state index is 0.0788. The maximum absolute atomic E-state index is 13.0. The third kappa shape index (κ3) is 13.9. The molecule has 0 saturated carbocycles. The molecule has 16 nitrogen and oxygen atoms in total. The quantitative estimate of drug-likeness (QED) is 0.0840. The summed E-state index contributed by atoms with van der Waals surface area (Å²) in [5, 5.41) is 19.8. The van der Waals surface area contributed by atoms with Gasteiger partial charge in [0.15, 0.2) is 6.61 Å². The SMILES string of the molecule is C#CCOc1cc(-n2nc3n(c2=O)CCCC3)c(Cl)cc1Cl.CC(C)N(C(=O)COc1nnc(C(F)(F)F)s1)c1ccc(F)cc1.O=C(O)CNCP(=O)(O)O. The second-order valence-corrected chi connectivity index (χ2v) is 15.0. The summed E-state index contributed by atoms with van der Waals surface area (Å²) in [6.07, 6.45) is 2.76. The predicted octanol–water partition coefficient (Wildman–Crippen LogP) is 5.00. The van der Waals surface area contributed by atoms with Crippen molar-refractivity contribution in [2.24, 2.45) is 0 Å². The molecule has 1 amide bonds. The van der Waals surface area contributed by atoms with Crippen LogP contribution in [0.25, 0.3) is 5.69 Å². The molecule has 56 heavy (non-hydrogen) atoms. The molecule has 24 heteroatoms. The number of anilines is 1. The van der Waals surface area contributed by atoms with Gasteiger partial charge in [0, 0.05) is 30.8 Å². The fourth-order valence-corrected chi connectivity index (χ4v) is 6.17. The number of carboxylic acids is 1. The molecular weight excluding hydrogens is 836 g/mol. The van der Waals surface area contributed by atoms with Crippen LogP contribution in [0.15, 0.2) is 41.2 Å². The van der Waals surface area contributed by atoms with Crippen LogP contribution in [0, 0.1) is 18.2 Å². The number of ether oxygens (including phenoxy) is 2. The maximum Gasteiger partial charge on any atom is 0.445 e. The molecule has 0 saturated heterocycles. The van der Waals surface area contributed by atoms with Gasteiger partial charge in [0.2, 0.25) is 5.01 Å². The number of aliphatic carboxylic acids is 1. The standard InChI is InChI=1S/C15H13Cl2N3O2.C14H13F4N3O2S.C3H8NO5P/c1-2-7-22-13-9-12(10(16)8-11(13)17)20-15(21)19-6-4-3-5-14(19)18-20;1-8(2)21(10-5-3-9(15)4-6-10)11(22)7-23-13-20-19-12(24-13)14(16,17)18;5-3(6)1-4-2-10(7,8)9/h1,8-9H,3-7H2;3-6,8H,7H2,1-2H3;4H,1-2H2,(H,5,6)(H2,7,8,9). The summed E-state index contributed by atoms with van der Waals surface area (Å²) < 4.78 is 73.7. The summed E-state index contributed by atoms with van der Waals surface area (Å²) >= 11 is 12.5. The van der Waals surface area contributed by atoms with E-state index in [1.807, 2.05) is 0 Å². The summed E-state index contributed by atoms with van der Waals surface area (Å²) in [5.41, 5.74) is 0.681. The first-order chi connectivity index (χ1) is 26.2. The number of aromatic nitrogens is 5. The number of aryl methyl sites for hydroxylation is 1. The molecule has 1 aliphatic heterocycles. The molecule has 0 fully saturated rings. The van der Waals surface area contributed by atoms with Crippen LogP contribution in [0.1, 0.15) is 37.5 Å². The van der Waals surface area contributed by atoms with Crippen molar-refractivity contribution < 1.29 is 56.1 Å². The average molecular weight is 871 g/mol. The number of carbonyl (C=O) groups excluding carboxylic acids is 1. The average Bonchev–Trinajstić information content (AvgIpc) is 3.73. The Bertz CT molecular complexity index is 2120. The highest BCUT2D eigenvalue weighted by Gasteiger charge is 2.36. The van der Waals surface area contributed by atoms with Crippen molar-refractivity contribution in [1.29, 1.82) is 0 Å². The zero-order valence-corrected chi connectivity index (χ0v) is 32.6. The van der Waals surface area contributed by atoms with E-state index in [2.05, 4.69) is 26.5 Å². The number of hydrogen-bond acceptors (Lipinski definition) is 11. The van der Waals surface area contributed by atoms with Crippen LogP contribution in [0.4, 0.5) is 23.2 Å². The largest absolute Gasteiger partial charge is 0.480 e. The van der Waals surface area contributed by atoms with Gasteiger partial charge in [-0.05, 0) is 57.0 Å². The zero-order chi connectivity index (χ0) is 41.8. The Balaban J connectivity index is 0.000000244. The lowest BCUT2D eigenvalue weighted by Gasteiger charge is -2.26. The molecule has 2 aromatic heterocycles. The summed E-state index contributed by atoms with van der Waals surface area (Å²) in [7, 11) is -4.10. The molecule has 0 atom stereocenters. The molecule has 0 unspecified atom stereocenters. The first-order valence-corrected chi connectivity index (χ1v) is 19.4. The van der Waals surface area contributed by atoms with E-state index in [0.717, 1.165) is 25.1 Å². The first-order valence-electron chi connectivity index (χ1n) is 16.0. The van der Waals surface area contributed by atoms with Crippen LogP contribution < -0.4 is 25.4 Å². The van der Waals surface area contributed by atoms with E-state index >= 15 is 0 Å². The Kier molecular flexibility index (Phi) is 16.8. The van der Waals surface area contributed by atoms with Crippen molar-refractivity contribution in [2.45, 2.75) is 51.9 Å². The lowest BCUT2D eigenvalue weighted by molar-refractivity contribution is -0.138. The van der Waals surface area contributed by atoms with Gasteiger partial charge in [-0.3, -0.25) is 24.0 Å². The number of terminal acetylenes is 1. The summed E-state index contributed by atoms with van der Waals surface area (Å²) in [6, 6.07) is 8.13. The lowest BCUT2D eigenvalue weighted by atomic mass is 10.2. The van der Waals surface area contributed by atoms with Crippen molar-refractivity contribution in [1.82, 2.24) is 29.9 Å². The van der Waals surface area contributed by atoms with Crippen molar-refractivity contribution in [3.05, 3.63) is 73.6 Å². The van der Waals surface area contributed by atoms with E-state index in [4.69, 9.17) is 54.0 Å². The molecular formula is C32H34Cl2F4N7O9PS. The predicted molar refractivity (Wildman–Crippen MR) is 197 cm³/mol. The van der Waals surface area contributed by atoms with Crippen molar-refractivity contribution in [3.63, 3.8) is 0 Å². The number of nitrogens with one attached hydrogen (secondary N) is 1. The summed E-state index contributed by atoms with van der Waals surface area (Å²) in [5.74, 6) is 1.42. The van der Waals surface area contributed by atoms with Crippen molar-refractivity contribution >= 4 is 59.7 Å². The Morgan fingerprint density at radius 1 is 1.12 bits per heavy atom. The van der Waals surface area contributed by atoms with Crippen LogP contribution in [0.3, 0.4) is 0 Å². The third-order valence-corrected chi connectivity index (χ3v) is 9.08. The van der Waals surface area contributed by atoms with Crippen LogP contribution in [0.5, 0.6) is 10.9 Å². The first kappa shape index (κ1) is 45.8. The van der Waals surface area contributed by atoms with E-state index in [1.54, 1.807) is 24.5 Å². The Morgan fingerprint density at radius 2 is 1.80 bits per heavy atom. The van der Waals surface area contributed by atoms with Gasteiger partial charge in [0.1, 0.15) is 24.0 Å². The minimum Gasteiger partial charge on any atom is -0.480 e. The second kappa shape index (κ2) is 20.6. The molecule has 0 bridgehead atoms. The van der Waals surface area contributed by atoms with Gasteiger partial charge in [0.25, 0.3) is 11.1 Å². The van der Waals surface area contributed by atoms with E-state index in [9.17, 15) is 36.5 Å². The van der Waals surface area contributed by atoms with Gasteiger partial charge in [-0.15, -0.1) is 16.6 Å². The number of carbonyl (C=O) groups is 2. The second-order valence-electron chi connectivity index (χ2n) is 11.6. The van der Waals surface area contributed by atoms with E-state index in [1.165, 1.54) is 39.9 Å². The number of rotatable bonds is 12. The summed E-state index contributed by atoms with van der Waals surface area (Å²) in [6.45, 7) is 3.30. The van der Waals surface area contributed by atoms with Gasteiger partial charge in [0.05, 0.1) is 28.6 Å². The van der Waals surface area contributed by atoms with Gasteiger partial charge in [-0.25, -0.2) is 9.18 Å². The summed E-state index contributed by atoms with van der Waals surface area (Å²) in [4.78, 5) is 52.3. The van der Waals surface area contributed by atoms with E-state index in [0.29, 0.717) is 33.7 Å². The molecule has 0 aliphatic carbocycles. The number of fused-ring (bicyclic) bond motifs is 1. The van der Waals surface area contributed by atoms with Crippen LogP contribution >= 0.6 is 42.1 Å². The highest BCUT2D eigenvalue weighted by atomic mass is 35.5. The third-order valence-electron chi connectivity index (χ3n) is 6.96. The number of benzene rings is 2. The number of alkyl halides is 3. The van der Waals surface area contributed by atoms with Crippen LogP contribution in [-0.2, 0) is 33.3 Å². The number of amides is 1. The highest BCUT2D eigenvalue weighted by Crippen LogP contribution is 2.35. The van der Waals surface area contributed by atoms with Crippen molar-refractivity contribution in [2.75, 3.05) is 30.9 Å². The molecule has 2 aromatic carbocycles. The topological polar surface area (TPSA) is 211 Å². The molecule has 4 aromatic rings. The van der Waals surface area contributed by atoms with Crippen LogP contribution in [0.2, 0.25) is 10.0 Å². The number of halogens is 6. The number of hydrogen-bond donors (Lipinski definition) is 4. The van der Waals surface area contributed by atoms with Crippen LogP contribution in [-0.4, -0.2) is 83.4 Å². The molecule has 0 radical (unpaired) electrons. The Hall–Kier alpha value is -4.55. The Labute approximate surface area is 330 Å².